The smallest absolute Gasteiger partial charge is 0.183 e. The van der Waals surface area contributed by atoms with E-state index in [0.29, 0.717) is 0 Å². The van der Waals surface area contributed by atoms with Crippen LogP contribution in [0.4, 0.5) is 4.39 Å². The van der Waals surface area contributed by atoms with Crippen molar-refractivity contribution in [2.75, 3.05) is 25.1 Å². The van der Waals surface area contributed by atoms with Crippen molar-refractivity contribution in [1.82, 2.24) is 4.90 Å². The molecular formula is C14H18FNOS. The summed E-state index contributed by atoms with van der Waals surface area (Å²) in [4.78, 5) is 14.5. The Kier molecular flexibility index (Phi) is 4.07. The molecule has 0 amide bonds. The molecule has 1 saturated heterocycles. The van der Waals surface area contributed by atoms with Crippen LogP contribution in [-0.4, -0.2) is 41.8 Å². The SMILES string of the molecule is Cc1cc(C)c(C(=O)C2CSCCN2C)c(F)c1. The molecule has 1 aliphatic heterocycles. The van der Waals surface area contributed by atoms with Crippen LogP contribution in [0, 0.1) is 19.7 Å². The van der Waals surface area contributed by atoms with Gasteiger partial charge in [0.25, 0.3) is 0 Å². The van der Waals surface area contributed by atoms with Gasteiger partial charge in [0, 0.05) is 18.1 Å². The number of nitrogens with zero attached hydrogens (tertiary/aromatic N) is 1. The fourth-order valence-electron chi connectivity index (χ4n) is 2.36. The molecule has 0 radical (unpaired) electrons. The lowest BCUT2D eigenvalue weighted by atomic mass is 9.97. The number of hydrogen-bond acceptors (Lipinski definition) is 3. The molecule has 0 bridgehead atoms. The van der Waals surface area contributed by atoms with Crippen LogP contribution in [0.5, 0.6) is 0 Å². The number of ketones is 1. The Labute approximate surface area is 112 Å². The molecule has 98 valence electrons. The Balaban J connectivity index is 2.33. The summed E-state index contributed by atoms with van der Waals surface area (Å²) in [7, 11) is 1.93. The highest BCUT2D eigenvalue weighted by Gasteiger charge is 2.29. The summed E-state index contributed by atoms with van der Waals surface area (Å²) >= 11 is 1.76. The van der Waals surface area contributed by atoms with Gasteiger partial charge in [-0.15, -0.1) is 0 Å². The van der Waals surface area contributed by atoms with Crippen LogP contribution < -0.4 is 0 Å². The van der Waals surface area contributed by atoms with E-state index >= 15 is 0 Å². The van der Waals surface area contributed by atoms with Gasteiger partial charge in [-0.3, -0.25) is 9.69 Å². The topological polar surface area (TPSA) is 20.3 Å². The Morgan fingerprint density at radius 1 is 1.44 bits per heavy atom. The molecule has 1 aromatic rings. The van der Waals surface area contributed by atoms with Gasteiger partial charge in [-0.05, 0) is 38.1 Å². The minimum absolute atomic E-state index is 0.0836. The highest BCUT2D eigenvalue weighted by atomic mass is 32.2. The molecular weight excluding hydrogens is 249 g/mol. The maximum absolute atomic E-state index is 14.0. The number of halogens is 1. The highest BCUT2D eigenvalue weighted by Crippen LogP contribution is 2.23. The van der Waals surface area contributed by atoms with Crippen molar-refractivity contribution in [3.63, 3.8) is 0 Å². The summed E-state index contributed by atoms with van der Waals surface area (Å²) < 4.78 is 14.0. The molecule has 1 aromatic carbocycles. The number of rotatable bonds is 2. The van der Waals surface area contributed by atoms with E-state index in [1.165, 1.54) is 6.07 Å². The quantitative estimate of drug-likeness (QED) is 0.768. The number of thioether (sulfide) groups is 1. The Morgan fingerprint density at radius 3 is 2.78 bits per heavy atom. The van der Waals surface area contributed by atoms with Gasteiger partial charge in [-0.25, -0.2) is 4.39 Å². The largest absolute Gasteiger partial charge is 0.295 e. The second-order valence-electron chi connectivity index (χ2n) is 4.87. The fraction of sp³-hybridized carbons (Fsp3) is 0.500. The molecule has 0 aromatic heterocycles. The van der Waals surface area contributed by atoms with Crippen LogP contribution in [0.15, 0.2) is 12.1 Å². The molecule has 2 rings (SSSR count). The summed E-state index contributed by atoms with van der Waals surface area (Å²) in [5, 5.41) is 0. The molecule has 4 heteroatoms. The van der Waals surface area contributed by atoms with Gasteiger partial charge in [-0.2, -0.15) is 11.8 Å². The molecule has 0 N–H and O–H groups in total. The van der Waals surface area contributed by atoms with Gasteiger partial charge >= 0.3 is 0 Å². The van der Waals surface area contributed by atoms with Crippen molar-refractivity contribution in [3.05, 3.63) is 34.6 Å². The van der Waals surface area contributed by atoms with Crippen molar-refractivity contribution in [2.24, 2.45) is 0 Å². The number of likely N-dealkylation sites (N-methyl/N-ethyl adjacent to an activating group) is 1. The van der Waals surface area contributed by atoms with Crippen molar-refractivity contribution in [2.45, 2.75) is 19.9 Å². The van der Waals surface area contributed by atoms with Crippen LogP contribution in [-0.2, 0) is 0 Å². The van der Waals surface area contributed by atoms with Crippen molar-refractivity contribution in [1.29, 1.82) is 0 Å². The second kappa shape index (κ2) is 5.41. The zero-order chi connectivity index (χ0) is 13.3. The van der Waals surface area contributed by atoms with E-state index in [4.69, 9.17) is 0 Å². The van der Waals surface area contributed by atoms with E-state index in [0.717, 1.165) is 29.2 Å². The van der Waals surface area contributed by atoms with Gasteiger partial charge in [0.05, 0.1) is 11.6 Å². The second-order valence-corrected chi connectivity index (χ2v) is 6.02. The normalized spacial score (nSPS) is 21.0. The molecule has 0 aliphatic carbocycles. The van der Waals surface area contributed by atoms with Crippen LogP contribution in [0.1, 0.15) is 21.5 Å². The van der Waals surface area contributed by atoms with E-state index < -0.39 is 0 Å². The van der Waals surface area contributed by atoms with Crippen LogP contribution in [0.3, 0.4) is 0 Å². The van der Waals surface area contributed by atoms with Crippen LogP contribution in [0.25, 0.3) is 0 Å². The molecule has 1 atom stereocenters. The molecule has 18 heavy (non-hydrogen) atoms. The predicted octanol–water partition coefficient (Wildman–Crippen LogP) is 2.67. The average molecular weight is 267 g/mol. The minimum atomic E-state index is -0.388. The lowest BCUT2D eigenvalue weighted by molar-refractivity contribution is 0.0869. The summed E-state index contributed by atoms with van der Waals surface area (Å²) in [5.74, 6) is 1.32. The summed E-state index contributed by atoms with van der Waals surface area (Å²) in [5.41, 5.74) is 1.86. The lowest BCUT2D eigenvalue weighted by Crippen LogP contribution is -2.45. The van der Waals surface area contributed by atoms with Crippen molar-refractivity contribution in [3.8, 4) is 0 Å². The monoisotopic (exact) mass is 267 g/mol. The number of benzene rings is 1. The number of Topliss-reactive ketones (excluding diaryl/α,β-unsaturated/α-hetero) is 1. The number of aryl methyl sites for hydroxylation is 2. The zero-order valence-corrected chi connectivity index (χ0v) is 11.8. The Hall–Kier alpha value is -0.870. The third-order valence-electron chi connectivity index (χ3n) is 3.38. The first-order valence-corrected chi connectivity index (χ1v) is 7.25. The number of carbonyl (C=O) groups is 1. The molecule has 0 saturated carbocycles. The maximum Gasteiger partial charge on any atom is 0.183 e. The van der Waals surface area contributed by atoms with E-state index in [1.807, 2.05) is 24.9 Å². The first kappa shape index (κ1) is 13.6. The summed E-state index contributed by atoms with van der Waals surface area (Å²) in [6, 6.07) is 3.11. The van der Waals surface area contributed by atoms with Gasteiger partial charge in [-0.1, -0.05) is 6.07 Å². The number of hydrogen-bond donors (Lipinski definition) is 0. The third kappa shape index (κ3) is 2.59. The maximum atomic E-state index is 14.0. The number of carbonyl (C=O) groups excluding carboxylic acids is 1. The minimum Gasteiger partial charge on any atom is -0.295 e. The average Bonchev–Trinajstić information content (AvgIpc) is 2.27. The van der Waals surface area contributed by atoms with Gasteiger partial charge in [0.1, 0.15) is 5.82 Å². The lowest BCUT2D eigenvalue weighted by Gasteiger charge is -2.31. The fourth-order valence-corrected chi connectivity index (χ4v) is 3.57. The molecule has 1 unspecified atom stereocenters. The summed E-state index contributed by atoms with van der Waals surface area (Å²) in [6.07, 6.45) is 0. The highest BCUT2D eigenvalue weighted by molar-refractivity contribution is 7.99. The van der Waals surface area contributed by atoms with Gasteiger partial charge < -0.3 is 0 Å². The first-order valence-electron chi connectivity index (χ1n) is 6.09. The standard InChI is InChI=1S/C14H18FNOS/c1-9-6-10(2)13(11(15)7-9)14(17)12-8-18-5-4-16(12)3/h6-7,12H,4-5,8H2,1-3H3. The molecule has 1 aliphatic rings. The first-order chi connectivity index (χ1) is 8.50. The van der Waals surface area contributed by atoms with E-state index in [2.05, 4.69) is 0 Å². The van der Waals surface area contributed by atoms with E-state index in [1.54, 1.807) is 18.7 Å². The molecule has 1 fully saturated rings. The Bertz CT molecular complexity index is 452. The summed E-state index contributed by atoms with van der Waals surface area (Å²) in [6.45, 7) is 4.53. The van der Waals surface area contributed by atoms with E-state index in [-0.39, 0.29) is 23.2 Å². The predicted molar refractivity (Wildman–Crippen MR) is 73.9 cm³/mol. The third-order valence-corrected chi connectivity index (χ3v) is 4.40. The molecule has 1 heterocycles. The molecule has 0 spiro atoms. The Morgan fingerprint density at radius 2 is 2.17 bits per heavy atom. The van der Waals surface area contributed by atoms with Gasteiger partial charge in [0.2, 0.25) is 0 Å². The zero-order valence-electron chi connectivity index (χ0n) is 11.0. The van der Waals surface area contributed by atoms with Crippen molar-refractivity contribution < 1.29 is 9.18 Å². The van der Waals surface area contributed by atoms with Gasteiger partial charge in [0.15, 0.2) is 5.78 Å². The molecule has 2 nitrogen and oxygen atoms in total. The van der Waals surface area contributed by atoms with E-state index in [9.17, 15) is 9.18 Å². The van der Waals surface area contributed by atoms with Crippen LogP contribution in [0.2, 0.25) is 0 Å². The van der Waals surface area contributed by atoms with Crippen molar-refractivity contribution >= 4 is 17.5 Å². The van der Waals surface area contributed by atoms with Crippen LogP contribution >= 0.6 is 11.8 Å².